The molecule has 1 aromatic carbocycles. The van der Waals surface area contributed by atoms with Crippen LogP contribution >= 0.6 is 0 Å². The first kappa shape index (κ1) is 17.6. The predicted octanol–water partition coefficient (Wildman–Crippen LogP) is 4.72. The van der Waals surface area contributed by atoms with Crippen molar-refractivity contribution in [2.45, 2.75) is 76.5 Å². The smallest absolute Gasteiger partial charge is 0.410 e. The summed E-state index contributed by atoms with van der Waals surface area (Å²) in [6.07, 6.45) is 9.34. The first-order valence-corrected chi connectivity index (χ1v) is 10.2. The molecule has 2 bridgehead atoms. The quantitative estimate of drug-likeness (QED) is 0.785. The van der Waals surface area contributed by atoms with E-state index in [1.54, 1.807) is 0 Å². The Balaban J connectivity index is 1.34. The summed E-state index contributed by atoms with van der Waals surface area (Å²) in [6.45, 7) is 0.319. The maximum atomic E-state index is 12.9. The Kier molecular flexibility index (Phi) is 5.28. The summed E-state index contributed by atoms with van der Waals surface area (Å²) < 4.78 is 5.56. The van der Waals surface area contributed by atoms with Gasteiger partial charge in [-0.25, -0.2) is 4.79 Å². The zero-order valence-electron chi connectivity index (χ0n) is 15.4. The van der Waals surface area contributed by atoms with Crippen molar-refractivity contribution in [3.63, 3.8) is 0 Å². The van der Waals surface area contributed by atoms with Crippen LogP contribution in [0, 0.1) is 11.8 Å². The van der Waals surface area contributed by atoms with Crippen LogP contribution in [0.2, 0.25) is 0 Å². The minimum Gasteiger partial charge on any atom is -0.445 e. The molecule has 3 fully saturated rings. The third-order valence-corrected chi connectivity index (χ3v) is 6.56. The highest BCUT2D eigenvalue weighted by molar-refractivity contribution is 5.84. The molecule has 0 radical (unpaired) electrons. The molecule has 2 atom stereocenters. The zero-order valence-corrected chi connectivity index (χ0v) is 15.4. The van der Waals surface area contributed by atoms with Crippen LogP contribution in [0.15, 0.2) is 30.3 Å². The molecule has 1 aromatic rings. The minimum absolute atomic E-state index is 0.161. The van der Waals surface area contributed by atoms with Gasteiger partial charge in [-0.2, -0.15) is 0 Å². The van der Waals surface area contributed by atoms with Gasteiger partial charge in [0.1, 0.15) is 12.4 Å². The molecule has 2 heterocycles. The van der Waals surface area contributed by atoms with Gasteiger partial charge in [-0.3, -0.25) is 4.79 Å². The summed E-state index contributed by atoms with van der Waals surface area (Å²) >= 11 is 0. The highest BCUT2D eigenvalue weighted by Crippen LogP contribution is 2.41. The number of carbonyl (C=O) groups is 2. The number of benzene rings is 1. The Morgan fingerprint density at radius 3 is 2.19 bits per heavy atom. The standard InChI is InChI=1S/C22H29NO3/c24-21(17-9-5-2-6-10-17)18-13-19-11-12-20(14-18)23(19)22(25)26-15-16-7-3-1-4-8-16/h1,3-4,7-8,17-20H,2,5-6,9-15H2. The monoisotopic (exact) mass is 355 g/mol. The van der Waals surface area contributed by atoms with Crippen LogP contribution in [-0.2, 0) is 16.1 Å². The third-order valence-electron chi connectivity index (χ3n) is 6.56. The lowest BCUT2D eigenvalue weighted by Crippen LogP contribution is -2.48. The summed E-state index contributed by atoms with van der Waals surface area (Å²) in [4.78, 5) is 27.5. The van der Waals surface area contributed by atoms with Crippen LogP contribution in [0.25, 0.3) is 0 Å². The number of piperidine rings is 1. The summed E-state index contributed by atoms with van der Waals surface area (Å²) in [7, 11) is 0. The molecule has 0 aromatic heterocycles. The minimum atomic E-state index is -0.204. The lowest BCUT2D eigenvalue weighted by Gasteiger charge is -2.39. The van der Waals surface area contributed by atoms with Gasteiger partial charge < -0.3 is 9.64 Å². The number of fused-ring (bicyclic) bond motifs is 2. The van der Waals surface area contributed by atoms with E-state index in [1.165, 1.54) is 19.3 Å². The normalized spacial score (nSPS) is 28.8. The zero-order chi connectivity index (χ0) is 17.9. The second-order valence-corrected chi connectivity index (χ2v) is 8.24. The van der Waals surface area contributed by atoms with E-state index in [0.29, 0.717) is 12.4 Å². The molecule has 0 N–H and O–H groups in total. The van der Waals surface area contributed by atoms with E-state index in [4.69, 9.17) is 4.74 Å². The highest BCUT2D eigenvalue weighted by atomic mass is 16.6. The van der Waals surface area contributed by atoms with E-state index < -0.39 is 0 Å². The van der Waals surface area contributed by atoms with Crippen LogP contribution in [0.5, 0.6) is 0 Å². The molecule has 0 spiro atoms. The number of carbonyl (C=O) groups excluding carboxylic acids is 2. The maximum absolute atomic E-state index is 12.9. The summed E-state index contributed by atoms with van der Waals surface area (Å²) in [5.41, 5.74) is 1.01. The fourth-order valence-corrected chi connectivity index (χ4v) is 5.22. The van der Waals surface area contributed by atoms with Gasteiger partial charge in [0.05, 0.1) is 0 Å². The van der Waals surface area contributed by atoms with E-state index in [0.717, 1.165) is 44.1 Å². The average Bonchev–Trinajstić information content (AvgIpc) is 2.96. The van der Waals surface area contributed by atoms with Gasteiger partial charge in [0.2, 0.25) is 0 Å². The van der Waals surface area contributed by atoms with Crippen LogP contribution in [0.4, 0.5) is 4.79 Å². The average molecular weight is 355 g/mol. The van der Waals surface area contributed by atoms with Crippen molar-refractivity contribution < 1.29 is 14.3 Å². The molecule has 1 saturated carbocycles. The van der Waals surface area contributed by atoms with Crippen molar-refractivity contribution >= 4 is 11.9 Å². The summed E-state index contributed by atoms with van der Waals surface area (Å²) in [6, 6.07) is 10.2. The lowest BCUT2D eigenvalue weighted by atomic mass is 9.77. The number of hydrogen-bond donors (Lipinski definition) is 0. The van der Waals surface area contributed by atoms with E-state index in [-0.39, 0.29) is 30.0 Å². The van der Waals surface area contributed by atoms with Gasteiger partial charge in [-0.15, -0.1) is 0 Å². The lowest BCUT2D eigenvalue weighted by molar-refractivity contribution is -0.130. The number of ether oxygens (including phenoxy) is 1. The molecule has 3 aliphatic rings. The molecule has 4 rings (SSSR count). The second-order valence-electron chi connectivity index (χ2n) is 8.24. The molecule has 1 aliphatic carbocycles. The number of nitrogens with zero attached hydrogens (tertiary/aromatic N) is 1. The third kappa shape index (κ3) is 3.65. The van der Waals surface area contributed by atoms with Crippen LogP contribution in [0.3, 0.4) is 0 Å². The predicted molar refractivity (Wildman–Crippen MR) is 99.6 cm³/mol. The molecule has 4 nitrogen and oxygen atoms in total. The molecule has 26 heavy (non-hydrogen) atoms. The van der Waals surface area contributed by atoms with E-state index in [9.17, 15) is 9.59 Å². The van der Waals surface area contributed by atoms with Crippen LogP contribution < -0.4 is 0 Å². The van der Waals surface area contributed by atoms with Gasteiger partial charge in [0, 0.05) is 23.9 Å². The SMILES string of the molecule is O=C(C1CCCCC1)C1CC2CCC(C1)N2C(=O)OCc1ccccc1. The van der Waals surface area contributed by atoms with Gasteiger partial charge in [-0.1, -0.05) is 49.6 Å². The molecule has 2 saturated heterocycles. The van der Waals surface area contributed by atoms with E-state index in [1.807, 2.05) is 35.2 Å². The number of rotatable bonds is 4. The van der Waals surface area contributed by atoms with Crippen LogP contribution in [-0.4, -0.2) is 28.9 Å². The number of amides is 1. The molecule has 2 aliphatic heterocycles. The number of hydrogen-bond acceptors (Lipinski definition) is 3. The van der Waals surface area contributed by atoms with Crippen molar-refractivity contribution in [3.8, 4) is 0 Å². The molecule has 1 amide bonds. The Hall–Kier alpha value is -1.84. The Morgan fingerprint density at radius 2 is 1.54 bits per heavy atom. The Morgan fingerprint density at radius 1 is 0.885 bits per heavy atom. The van der Waals surface area contributed by atoms with E-state index >= 15 is 0 Å². The highest BCUT2D eigenvalue weighted by Gasteiger charge is 2.46. The number of ketones is 1. The first-order valence-electron chi connectivity index (χ1n) is 10.2. The second kappa shape index (κ2) is 7.81. The summed E-state index contributed by atoms with van der Waals surface area (Å²) in [5.74, 6) is 0.928. The molecule has 2 unspecified atom stereocenters. The molecular formula is C22H29NO3. The van der Waals surface area contributed by atoms with Gasteiger partial charge in [0.15, 0.2) is 0 Å². The fraction of sp³-hybridized carbons (Fsp3) is 0.636. The van der Waals surface area contributed by atoms with Crippen molar-refractivity contribution in [2.75, 3.05) is 0 Å². The topological polar surface area (TPSA) is 46.6 Å². The number of Topliss-reactive ketones (excluding diaryl/α,β-unsaturated/α-hetero) is 1. The Labute approximate surface area is 155 Å². The maximum Gasteiger partial charge on any atom is 0.410 e. The summed E-state index contributed by atoms with van der Waals surface area (Å²) in [5, 5.41) is 0. The van der Waals surface area contributed by atoms with Crippen molar-refractivity contribution in [3.05, 3.63) is 35.9 Å². The molecule has 140 valence electrons. The molecule has 4 heteroatoms. The van der Waals surface area contributed by atoms with Gasteiger partial charge >= 0.3 is 6.09 Å². The first-order chi connectivity index (χ1) is 12.7. The van der Waals surface area contributed by atoms with Crippen molar-refractivity contribution in [1.82, 2.24) is 4.90 Å². The van der Waals surface area contributed by atoms with Crippen molar-refractivity contribution in [2.24, 2.45) is 11.8 Å². The molecular weight excluding hydrogens is 326 g/mol. The van der Waals surface area contributed by atoms with Gasteiger partial charge in [-0.05, 0) is 44.1 Å². The van der Waals surface area contributed by atoms with Crippen molar-refractivity contribution in [1.29, 1.82) is 0 Å². The van der Waals surface area contributed by atoms with Crippen LogP contribution in [0.1, 0.15) is 63.4 Å². The van der Waals surface area contributed by atoms with E-state index in [2.05, 4.69) is 0 Å². The Bertz CT molecular complexity index is 624. The largest absolute Gasteiger partial charge is 0.445 e. The van der Waals surface area contributed by atoms with Gasteiger partial charge in [0.25, 0.3) is 0 Å². The fourth-order valence-electron chi connectivity index (χ4n) is 5.22.